The molecule has 0 aromatic heterocycles. The second kappa shape index (κ2) is 12.0. The lowest BCUT2D eigenvalue weighted by Gasteiger charge is -2.32. The van der Waals surface area contributed by atoms with Gasteiger partial charge < -0.3 is 10.2 Å². The lowest BCUT2D eigenvalue weighted by atomic mass is 9.85. The van der Waals surface area contributed by atoms with Gasteiger partial charge >= 0.3 is 0 Å². The van der Waals surface area contributed by atoms with Crippen molar-refractivity contribution in [3.8, 4) is 0 Å². The molecule has 1 heterocycles. The van der Waals surface area contributed by atoms with Gasteiger partial charge in [-0.3, -0.25) is 24.1 Å². The number of carbonyl (C=O) groups excluding carboxylic acids is 4. The number of hydrogen-bond donors (Lipinski definition) is 1. The second-order valence-electron chi connectivity index (χ2n) is 9.84. The highest BCUT2D eigenvalue weighted by Gasteiger charge is 2.47. The van der Waals surface area contributed by atoms with Crippen molar-refractivity contribution in [2.45, 2.75) is 52.1 Å². The lowest BCUT2D eigenvalue weighted by molar-refractivity contribution is -0.144. The van der Waals surface area contributed by atoms with E-state index in [1.807, 2.05) is 80.6 Å². The third kappa shape index (κ3) is 6.16. The Morgan fingerprint density at radius 1 is 0.973 bits per heavy atom. The largest absolute Gasteiger partial charge is 0.355 e. The van der Waals surface area contributed by atoms with E-state index in [0.717, 1.165) is 16.7 Å². The number of likely N-dealkylation sites (N-methyl/N-ethyl adjacent to an activating group) is 1. The summed E-state index contributed by atoms with van der Waals surface area (Å²) in [7, 11) is 0. The molecule has 0 bridgehead atoms. The van der Waals surface area contributed by atoms with Crippen molar-refractivity contribution in [2.24, 2.45) is 11.8 Å². The summed E-state index contributed by atoms with van der Waals surface area (Å²) in [5.74, 6) is -1.52. The summed E-state index contributed by atoms with van der Waals surface area (Å²) in [5, 5.41) is 2.89. The lowest BCUT2D eigenvalue weighted by Crippen LogP contribution is -2.51. The number of likely N-dealkylation sites (tertiary alicyclic amines) is 1. The minimum Gasteiger partial charge on any atom is -0.355 e. The van der Waals surface area contributed by atoms with Gasteiger partial charge in [-0.25, -0.2) is 0 Å². The van der Waals surface area contributed by atoms with Crippen molar-refractivity contribution in [1.29, 1.82) is 0 Å². The molecule has 1 aliphatic carbocycles. The normalized spacial score (nSPS) is 19.5. The van der Waals surface area contributed by atoms with Crippen LogP contribution in [0.4, 0.5) is 0 Å². The van der Waals surface area contributed by atoms with Crippen LogP contribution in [-0.4, -0.2) is 52.6 Å². The molecule has 0 saturated carbocycles. The highest BCUT2D eigenvalue weighted by atomic mass is 16.2. The van der Waals surface area contributed by atoms with Crippen molar-refractivity contribution in [3.05, 3.63) is 83.4 Å². The Hall–Kier alpha value is -3.74. The van der Waals surface area contributed by atoms with Crippen LogP contribution < -0.4 is 5.32 Å². The molecule has 0 radical (unpaired) electrons. The molecule has 2 aromatic carbocycles. The molecule has 0 spiro atoms. The third-order valence-corrected chi connectivity index (χ3v) is 7.21. The van der Waals surface area contributed by atoms with Crippen molar-refractivity contribution in [1.82, 2.24) is 15.1 Å². The molecule has 7 heteroatoms. The first-order chi connectivity index (χ1) is 17.9. The zero-order valence-corrected chi connectivity index (χ0v) is 21.6. The van der Waals surface area contributed by atoms with E-state index in [1.54, 1.807) is 4.90 Å². The van der Waals surface area contributed by atoms with E-state index in [1.165, 1.54) is 4.90 Å². The number of hydrogen-bond acceptors (Lipinski definition) is 4. The summed E-state index contributed by atoms with van der Waals surface area (Å²) in [6.07, 6.45) is 5.36. The summed E-state index contributed by atoms with van der Waals surface area (Å²) < 4.78 is 0. The molecule has 4 rings (SSSR count). The molecule has 194 valence electrons. The van der Waals surface area contributed by atoms with Gasteiger partial charge in [-0.15, -0.1) is 0 Å². The van der Waals surface area contributed by atoms with E-state index in [0.29, 0.717) is 25.8 Å². The summed E-state index contributed by atoms with van der Waals surface area (Å²) >= 11 is 0. The Kier molecular flexibility index (Phi) is 8.54. The van der Waals surface area contributed by atoms with Crippen LogP contribution in [0.3, 0.4) is 0 Å². The van der Waals surface area contributed by atoms with E-state index in [-0.39, 0.29) is 55.0 Å². The maximum Gasteiger partial charge on any atom is 0.243 e. The molecule has 1 fully saturated rings. The van der Waals surface area contributed by atoms with E-state index in [9.17, 15) is 19.2 Å². The first-order valence-electron chi connectivity index (χ1n) is 13.1. The fourth-order valence-corrected chi connectivity index (χ4v) is 5.29. The summed E-state index contributed by atoms with van der Waals surface area (Å²) in [4.78, 5) is 55.7. The van der Waals surface area contributed by atoms with Crippen LogP contribution in [0, 0.1) is 18.8 Å². The molecular formula is C30H35N3O4. The number of amides is 4. The number of nitrogens with zero attached hydrogens (tertiary/aromatic N) is 2. The van der Waals surface area contributed by atoms with E-state index in [4.69, 9.17) is 0 Å². The van der Waals surface area contributed by atoms with E-state index in [2.05, 4.69) is 5.32 Å². The van der Waals surface area contributed by atoms with E-state index >= 15 is 0 Å². The summed E-state index contributed by atoms with van der Waals surface area (Å²) in [5.41, 5.74) is 2.93. The topological polar surface area (TPSA) is 86.8 Å². The van der Waals surface area contributed by atoms with Crippen LogP contribution in [0.1, 0.15) is 42.9 Å². The maximum atomic E-state index is 13.7. The molecule has 7 nitrogen and oxygen atoms in total. The molecule has 1 N–H and O–H groups in total. The molecule has 0 unspecified atom stereocenters. The monoisotopic (exact) mass is 501 g/mol. The predicted octanol–water partition coefficient (Wildman–Crippen LogP) is 3.41. The molecule has 37 heavy (non-hydrogen) atoms. The molecular weight excluding hydrogens is 466 g/mol. The molecule has 1 saturated heterocycles. The number of imide groups is 1. The molecule has 3 atom stereocenters. The standard InChI is InChI=1S/C30H35N3O4/c1-3-31-28(35)26(19-22-11-5-4-6-12-22)33(20-23-13-9-10-21(2)18-23)27(34)16-17-32-29(36)24-14-7-8-15-25(24)30(32)37/h4-13,18,24-26H,3,14-17,19-20H2,1-2H3,(H,31,35)/t24-,25+,26-/m0/s1. The van der Waals surface area contributed by atoms with Crippen LogP contribution in [0.5, 0.6) is 0 Å². The number of benzene rings is 2. The van der Waals surface area contributed by atoms with Gasteiger partial charge in [0.15, 0.2) is 0 Å². The quantitative estimate of drug-likeness (QED) is 0.399. The van der Waals surface area contributed by atoms with Gasteiger partial charge in [-0.1, -0.05) is 72.3 Å². The van der Waals surface area contributed by atoms with Crippen LogP contribution >= 0.6 is 0 Å². The number of fused-ring (bicyclic) bond motifs is 1. The molecule has 2 aromatic rings. The number of nitrogens with one attached hydrogen (secondary N) is 1. The SMILES string of the molecule is CCNC(=O)[C@H](Cc1ccccc1)N(Cc1cccc(C)c1)C(=O)CCN1C(=O)[C@H]2CC=CC[C@H]2C1=O. The number of aryl methyl sites for hydroxylation is 1. The fourth-order valence-electron chi connectivity index (χ4n) is 5.29. The summed E-state index contributed by atoms with van der Waals surface area (Å²) in [6, 6.07) is 16.8. The Balaban J connectivity index is 1.57. The Bertz CT molecular complexity index is 1150. The average Bonchev–Trinajstić information content (AvgIpc) is 3.14. The number of rotatable bonds is 10. The van der Waals surface area contributed by atoms with Crippen molar-refractivity contribution >= 4 is 23.6 Å². The Morgan fingerprint density at radius 2 is 1.62 bits per heavy atom. The van der Waals surface area contributed by atoms with Gasteiger partial charge in [0.2, 0.25) is 23.6 Å². The Morgan fingerprint density at radius 3 is 2.24 bits per heavy atom. The maximum absolute atomic E-state index is 13.7. The Labute approximate surface area is 218 Å². The van der Waals surface area contributed by atoms with Gasteiger partial charge in [0.25, 0.3) is 0 Å². The first kappa shape index (κ1) is 26.3. The van der Waals surface area contributed by atoms with Crippen molar-refractivity contribution in [2.75, 3.05) is 13.1 Å². The average molecular weight is 502 g/mol. The van der Waals surface area contributed by atoms with E-state index < -0.39 is 6.04 Å². The highest BCUT2D eigenvalue weighted by Crippen LogP contribution is 2.35. The van der Waals surface area contributed by atoms with Crippen LogP contribution in [0.2, 0.25) is 0 Å². The minimum absolute atomic E-state index is 0.0269. The smallest absolute Gasteiger partial charge is 0.243 e. The van der Waals surface area contributed by atoms with Gasteiger partial charge in [-0.2, -0.15) is 0 Å². The van der Waals surface area contributed by atoms with Crippen molar-refractivity contribution in [3.63, 3.8) is 0 Å². The zero-order valence-electron chi connectivity index (χ0n) is 21.6. The molecule has 1 aliphatic heterocycles. The van der Waals surface area contributed by atoms with Gasteiger partial charge in [0, 0.05) is 32.5 Å². The van der Waals surface area contributed by atoms with Crippen LogP contribution in [0.15, 0.2) is 66.7 Å². The third-order valence-electron chi connectivity index (χ3n) is 7.21. The van der Waals surface area contributed by atoms with Gasteiger partial charge in [0.1, 0.15) is 6.04 Å². The van der Waals surface area contributed by atoms with Gasteiger partial charge in [0.05, 0.1) is 11.8 Å². The summed E-state index contributed by atoms with van der Waals surface area (Å²) in [6.45, 7) is 4.57. The first-order valence-corrected chi connectivity index (χ1v) is 13.1. The predicted molar refractivity (Wildman–Crippen MR) is 141 cm³/mol. The molecule has 2 aliphatic rings. The van der Waals surface area contributed by atoms with Gasteiger partial charge in [-0.05, 0) is 37.8 Å². The number of allylic oxidation sites excluding steroid dienone is 2. The molecule has 4 amide bonds. The zero-order chi connectivity index (χ0) is 26.4. The van der Waals surface area contributed by atoms with Crippen LogP contribution in [0.25, 0.3) is 0 Å². The number of carbonyl (C=O) groups is 4. The second-order valence-corrected chi connectivity index (χ2v) is 9.84. The fraction of sp³-hybridized carbons (Fsp3) is 0.400. The van der Waals surface area contributed by atoms with Crippen molar-refractivity contribution < 1.29 is 19.2 Å². The minimum atomic E-state index is -0.730. The highest BCUT2D eigenvalue weighted by molar-refractivity contribution is 6.05. The van der Waals surface area contributed by atoms with Crippen LogP contribution in [-0.2, 0) is 32.1 Å².